The summed E-state index contributed by atoms with van der Waals surface area (Å²) in [6.07, 6.45) is 2.46. The molecule has 1 saturated heterocycles. The van der Waals surface area contributed by atoms with Crippen molar-refractivity contribution in [2.45, 2.75) is 13.3 Å². The summed E-state index contributed by atoms with van der Waals surface area (Å²) in [6, 6.07) is 6.33. The SMILES string of the molecule is Cc1ccc2c(CC(=O)N3CCN(C)CC3)c[nH]c2c1. The number of piperazine rings is 1. The second-order valence-electron chi connectivity index (χ2n) is 5.72. The normalized spacial score (nSPS) is 16.8. The largest absolute Gasteiger partial charge is 0.361 e. The van der Waals surface area contributed by atoms with Gasteiger partial charge in [-0.2, -0.15) is 0 Å². The number of nitrogens with zero attached hydrogens (tertiary/aromatic N) is 2. The van der Waals surface area contributed by atoms with Gasteiger partial charge in [0.15, 0.2) is 0 Å². The fourth-order valence-corrected chi connectivity index (χ4v) is 2.78. The number of benzene rings is 1. The second-order valence-corrected chi connectivity index (χ2v) is 5.72. The van der Waals surface area contributed by atoms with Crippen LogP contribution < -0.4 is 0 Å². The van der Waals surface area contributed by atoms with Crippen LogP contribution in [0.25, 0.3) is 10.9 Å². The predicted octanol–water partition coefficient (Wildman–Crippen LogP) is 1.79. The third-order valence-corrected chi connectivity index (χ3v) is 4.12. The minimum absolute atomic E-state index is 0.236. The van der Waals surface area contributed by atoms with Crippen molar-refractivity contribution in [2.75, 3.05) is 33.2 Å². The summed E-state index contributed by atoms with van der Waals surface area (Å²) in [5, 5.41) is 1.16. The maximum absolute atomic E-state index is 12.4. The Balaban J connectivity index is 1.74. The molecule has 1 aliphatic rings. The van der Waals surface area contributed by atoms with E-state index in [0.29, 0.717) is 6.42 Å². The second kappa shape index (κ2) is 5.29. The molecule has 0 spiro atoms. The Kier molecular flexibility index (Phi) is 3.49. The molecule has 1 aromatic carbocycles. The maximum atomic E-state index is 12.4. The number of aryl methyl sites for hydroxylation is 1. The molecule has 106 valence electrons. The zero-order chi connectivity index (χ0) is 14.1. The first-order valence-electron chi connectivity index (χ1n) is 7.16. The molecule has 4 nitrogen and oxygen atoms in total. The highest BCUT2D eigenvalue weighted by molar-refractivity contribution is 5.89. The molecular formula is C16H21N3O. The number of hydrogen-bond acceptors (Lipinski definition) is 2. The average Bonchev–Trinajstić information content (AvgIpc) is 2.81. The van der Waals surface area contributed by atoms with E-state index < -0.39 is 0 Å². The van der Waals surface area contributed by atoms with E-state index in [1.54, 1.807) is 0 Å². The van der Waals surface area contributed by atoms with E-state index in [4.69, 9.17) is 0 Å². The molecule has 2 aromatic rings. The highest BCUT2D eigenvalue weighted by Gasteiger charge is 2.20. The van der Waals surface area contributed by atoms with Gasteiger partial charge in [0, 0.05) is 43.3 Å². The quantitative estimate of drug-likeness (QED) is 0.904. The molecule has 1 N–H and O–H groups in total. The van der Waals surface area contributed by atoms with E-state index in [1.165, 1.54) is 5.56 Å². The molecule has 1 amide bonds. The van der Waals surface area contributed by atoms with Crippen molar-refractivity contribution in [2.24, 2.45) is 0 Å². The number of aromatic amines is 1. The van der Waals surface area contributed by atoms with Crippen molar-refractivity contribution >= 4 is 16.8 Å². The summed E-state index contributed by atoms with van der Waals surface area (Å²) in [4.78, 5) is 19.9. The molecular weight excluding hydrogens is 250 g/mol. The standard InChI is InChI=1S/C16H21N3O/c1-12-3-4-14-13(11-17-15(14)9-12)10-16(20)19-7-5-18(2)6-8-19/h3-4,9,11,17H,5-8,10H2,1-2H3. The fraction of sp³-hybridized carbons (Fsp3) is 0.438. The minimum atomic E-state index is 0.236. The van der Waals surface area contributed by atoms with E-state index in [-0.39, 0.29) is 5.91 Å². The van der Waals surface area contributed by atoms with Gasteiger partial charge >= 0.3 is 0 Å². The smallest absolute Gasteiger partial charge is 0.227 e. The Bertz CT molecular complexity index is 624. The third-order valence-electron chi connectivity index (χ3n) is 4.12. The van der Waals surface area contributed by atoms with Crippen LogP contribution in [0.2, 0.25) is 0 Å². The number of H-pyrrole nitrogens is 1. The molecule has 1 aromatic heterocycles. The van der Waals surface area contributed by atoms with Crippen LogP contribution in [0.5, 0.6) is 0 Å². The molecule has 20 heavy (non-hydrogen) atoms. The van der Waals surface area contributed by atoms with Crippen molar-refractivity contribution in [1.29, 1.82) is 0 Å². The Morgan fingerprint density at radius 2 is 2.00 bits per heavy atom. The van der Waals surface area contributed by atoms with E-state index >= 15 is 0 Å². The van der Waals surface area contributed by atoms with Crippen molar-refractivity contribution < 1.29 is 4.79 Å². The van der Waals surface area contributed by atoms with Crippen LogP contribution in [0.4, 0.5) is 0 Å². The van der Waals surface area contributed by atoms with Crippen LogP contribution in [-0.2, 0) is 11.2 Å². The molecule has 4 heteroatoms. The molecule has 0 bridgehead atoms. The van der Waals surface area contributed by atoms with Gasteiger partial charge in [0.2, 0.25) is 5.91 Å². The Labute approximate surface area is 119 Å². The minimum Gasteiger partial charge on any atom is -0.361 e. The van der Waals surface area contributed by atoms with Crippen molar-refractivity contribution in [3.05, 3.63) is 35.5 Å². The topological polar surface area (TPSA) is 39.3 Å². The Morgan fingerprint density at radius 3 is 2.75 bits per heavy atom. The van der Waals surface area contributed by atoms with Gasteiger partial charge in [0.25, 0.3) is 0 Å². The lowest BCUT2D eigenvalue weighted by Crippen LogP contribution is -2.47. The molecule has 3 rings (SSSR count). The summed E-state index contributed by atoms with van der Waals surface area (Å²) in [6.45, 7) is 5.71. The Hall–Kier alpha value is -1.81. The first-order chi connectivity index (χ1) is 9.63. The maximum Gasteiger partial charge on any atom is 0.227 e. The van der Waals surface area contributed by atoms with Gasteiger partial charge < -0.3 is 14.8 Å². The van der Waals surface area contributed by atoms with E-state index in [2.05, 4.69) is 42.1 Å². The molecule has 0 saturated carbocycles. The van der Waals surface area contributed by atoms with Gasteiger partial charge in [0.05, 0.1) is 6.42 Å². The summed E-state index contributed by atoms with van der Waals surface area (Å²) >= 11 is 0. The van der Waals surface area contributed by atoms with E-state index in [0.717, 1.165) is 42.6 Å². The van der Waals surface area contributed by atoms with Gasteiger partial charge in [-0.1, -0.05) is 12.1 Å². The van der Waals surface area contributed by atoms with E-state index in [1.807, 2.05) is 11.1 Å². The molecule has 2 heterocycles. The molecule has 0 aliphatic carbocycles. The molecule has 0 radical (unpaired) electrons. The van der Waals surface area contributed by atoms with Gasteiger partial charge in [-0.25, -0.2) is 0 Å². The van der Waals surface area contributed by atoms with Gasteiger partial charge in [-0.3, -0.25) is 4.79 Å². The van der Waals surface area contributed by atoms with Crippen LogP contribution in [0.15, 0.2) is 24.4 Å². The molecule has 0 atom stereocenters. The molecule has 0 unspecified atom stereocenters. The first-order valence-corrected chi connectivity index (χ1v) is 7.16. The summed E-state index contributed by atoms with van der Waals surface area (Å²) in [7, 11) is 2.10. The fourth-order valence-electron chi connectivity index (χ4n) is 2.78. The number of nitrogens with one attached hydrogen (secondary N) is 1. The molecule has 1 fully saturated rings. The van der Waals surface area contributed by atoms with E-state index in [9.17, 15) is 4.79 Å². The Morgan fingerprint density at radius 1 is 1.25 bits per heavy atom. The van der Waals surface area contributed by atoms with Crippen LogP contribution in [0.3, 0.4) is 0 Å². The summed E-state index contributed by atoms with van der Waals surface area (Å²) in [5.41, 5.74) is 3.45. The number of rotatable bonds is 2. The zero-order valence-electron chi connectivity index (χ0n) is 12.1. The first kappa shape index (κ1) is 13.2. The summed E-state index contributed by atoms with van der Waals surface area (Å²) in [5.74, 6) is 0.236. The number of aromatic nitrogens is 1. The average molecular weight is 271 g/mol. The highest BCUT2D eigenvalue weighted by Crippen LogP contribution is 2.20. The number of fused-ring (bicyclic) bond motifs is 1. The molecule has 1 aliphatic heterocycles. The van der Waals surface area contributed by atoms with Crippen molar-refractivity contribution in [3.63, 3.8) is 0 Å². The van der Waals surface area contributed by atoms with Crippen LogP contribution in [0, 0.1) is 6.92 Å². The lowest BCUT2D eigenvalue weighted by molar-refractivity contribution is -0.132. The van der Waals surface area contributed by atoms with Crippen molar-refractivity contribution in [1.82, 2.24) is 14.8 Å². The predicted molar refractivity (Wildman–Crippen MR) is 80.8 cm³/mol. The van der Waals surface area contributed by atoms with Crippen molar-refractivity contribution in [3.8, 4) is 0 Å². The van der Waals surface area contributed by atoms with Crippen LogP contribution >= 0.6 is 0 Å². The number of likely N-dealkylation sites (N-methyl/N-ethyl adjacent to an activating group) is 1. The number of hydrogen-bond donors (Lipinski definition) is 1. The van der Waals surface area contributed by atoms with Gasteiger partial charge in [0.1, 0.15) is 0 Å². The number of amides is 1. The lowest BCUT2D eigenvalue weighted by Gasteiger charge is -2.32. The van der Waals surface area contributed by atoms with Gasteiger partial charge in [-0.05, 0) is 31.2 Å². The van der Waals surface area contributed by atoms with Crippen LogP contribution in [-0.4, -0.2) is 53.9 Å². The number of carbonyl (C=O) groups is 1. The zero-order valence-corrected chi connectivity index (χ0v) is 12.1. The van der Waals surface area contributed by atoms with Gasteiger partial charge in [-0.15, -0.1) is 0 Å². The monoisotopic (exact) mass is 271 g/mol. The third kappa shape index (κ3) is 2.56. The van der Waals surface area contributed by atoms with Crippen LogP contribution in [0.1, 0.15) is 11.1 Å². The highest BCUT2D eigenvalue weighted by atomic mass is 16.2. The summed E-state index contributed by atoms with van der Waals surface area (Å²) < 4.78 is 0. The lowest BCUT2D eigenvalue weighted by atomic mass is 10.1. The number of carbonyl (C=O) groups excluding carboxylic acids is 1.